The monoisotopic (exact) mass is 423 g/mol. The van der Waals surface area contributed by atoms with Crippen LogP contribution in [0.4, 0.5) is 0 Å². The first-order valence-corrected chi connectivity index (χ1v) is 13.2. The highest BCUT2D eigenvalue weighted by atomic mass is 32.2. The summed E-state index contributed by atoms with van der Waals surface area (Å²) < 4.78 is 23.6. The van der Waals surface area contributed by atoms with Crippen molar-refractivity contribution in [2.24, 2.45) is 0 Å². The fourth-order valence-corrected chi connectivity index (χ4v) is 6.11. The number of carbonyl (C=O) groups is 1. The molecule has 1 amide bonds. The van der Waals surface area contributed by atoms with Crippen molar-refractivity contribution in [3.8, 4) is 6.07 Å². The zero-order valence-corrected chi connectivity index (χ0v) is 18.7. The first kappa shape index (κ1) is 23.7. The Morgan fingerprint density at radius 1 is 1.03 bits per heavy atom. The van der Waals surface area contributed by atoms with Gasteiger partial charge in [0.25, 0.3) is 5.91 Å². The van der Waals surface area contributed by atoms with Gasteiger partial charge in [0.2, 0.25) is 0 Å². The minimum absolute atomic E-state index is 0.0715. The number of nitrogens with zero attached hydrogens (tertiary/aromatic N) is 2. The standard InChI is InChI=1S/C22H37N3O3S/c1-2-25(21-14-15-29(27,28)18-21)17-19(16-23)22(26)24-20-12-10-8-6-4-3-5-7-9-11-13-20/h17,20-21H,2-15,18H2,1H3,(H,24,26)/b19-17-. The van der Waals surface area contributed by atoms with Gasteiger partial charge in [-0.25, -0.2) is 8.42 Å². The van der Waals surface area contributed by atoms with E-state index in [1.54, 1.807) is 6.20 Å². The molecule has 0 aromatic rings. The molecule has 164 valence electrons. The quantitative estimate of drug-likeness (QED) is 0.538. The van der Waals surface area contributed by atoms with Crippen molar-refractivity contribution in [2.75, 3.05) is 18.1 Å². The number of carbonyl (C=O) groups excluding carboxylic acids is 1. The Labute approximate surface area is 176 Å². The SMILES string of the molecule is CCN(/C=C(/C#N)C(=O)NC1CCCCCCCCCCC1)C1CCS(=O)(=O)C1. The smallest absolute Gasteiger partial charge is 0.263 e. The average Bonchev–Trinajstić information content (AvgIpc) is 3.04. The first-order chi connectivity index (χ1) is 13.9. The lowest BCUT2D eigenvalue weighted by Gasteiger charge is -2.25. The van der Waals surface area contributed by atoms with Crippen molar-refractivity contribution in [2.45, 2.75) is 96.1 Å². The molecule has 1 saturated carbocycles. The van der Waals surface area contributed by atoms with Crippen LogP contribution in [-0.4, -0.2) is 49.4 Å². The Bertz CT molecular complexity index is 685. The first-order valence-electron chi connectivity index (χ1n) is 11.3. The van der Waals surface area contributed by atoms with Crippen molar-refractivity contribution in [3.63, 3.8) is 0 Å². The molecule has 1 unspecified atom stereocenters. The van der Waals surface area contributed by atoms with E-state index < -0.39 is 9.84 Å². The molecule has 1 atom stereocenters. The molecule has 7 heteroatoms. The largest absolute Gasteiger partial charge is 0.372 e. The van der Waals surface area contributed by atoms with Crippen molar-refractivity contribution >= 4 is 15.7 Å². The van der Waals surface area contributed by atoms with Gasteiger partial charge in [0.05, 0.1) is 11.5 Å². The summed E-state index contributed by atoms with van der Waals surface area (Å²) in [5.74, 6) is -0.0535. The van der Waals surface area contributed by atoms with Crippen LogP contribution >= 0.6 is 0 Å². The van der Waals surface area contributed by atoms with Crippen LogP contribution in [-0.2, 0) is 14.6 Å². The van der Waals surface area contributed by atoms with Gasteiger partial charge in [0, 0.05) is 24.8 Å². The molecular weight excluding hydrogens is 386 g/mol. The maximum absolute atomic E-state index is 12.8. The Kier molecular flexibility index (Phi) is 9.99. The third-order valence-electron chi connectivity index (χ3n) is 6.14. The lowest BCUT2D eigenvalue weighted by atomic mass is 9.97. The summed E-state index contributed by atoms with van der Waals surface area (Å²) in [4.78, 5) is 14.6. The highest BCUT2D eigenvalue weighted by Crippen LogP contribution is 2.20. The maximum atomic E-state index is 12.8. The van der Waals surface area contributed by atoms with E-state index in [0.717, 1.165) is 25.7 Å². The second kappa shape index (κ2) is 12.2. The van der Waals surface area contributed by atoms with Crippen molar-refractivity contribution in [3.05, 3.63) is 11.8 Å². The molecule has 1 saturated heterocycles. The van der Waals surface area contributed by atoms with E-state index in [4.69, 9.17) is 0 Å². The molecule has 1 N–H and O–H groups in total. The van der Waals surface area contributed by atoms with Crippen LogP contribution < -0.4 is 5.32 Å². The number of amides is 1. The molecule has 2 fully saturated rings. The molecule has 1 aliphatic carbocycles. The van der Waals surface area contributed by atoms with E-state index in [1.807, 2.05) is 17.9 Å². The molecule has 0 aromatic heterocycles. The predicted molar refractivity (Wildman–Crippen MR) is 116 cm³/mol. The number of hydrogen-bond acceptors (Lipinski definition) is 5. The van der Waals surface area contributed by atoms with E-state index in [9.17, 15) is 18.5 Å². The van der Waals surface area contributed by atoms with Crippen LogP contribution in [0.25, 0.3) is 0 Å². The van der Waals surface area contributed by atoms with Crippen molar-refractivity contribution < 1.29 is 13.2 Å². The van der Waals surface area contributed by atoms with Crippen LogP contribution in [0, 0.1) is 11.3 Å². The number of nitrogens with one attached hydrogen (secondary N) is 1. The van der Waals surface area contributed by atoms with E-state index in [2.05, 4.69) is 5.32 Å². The Hall–Kier alpha value is -1.55. The molecule has 29 heavy (non-hydrogen) atoms. The zero-order chi connectivity index (χ0) is 21.1. The Morgan fingerprint density at radius 2 is 1.59 bits per heavy atom. The second-order valence-electron chi connectivity index (χ2n) is 8.47. The van der Waals surface area contributed by atoms with E-state index in [1.165, 1.54) is 44.9 Å². The van der Waals surface area contributed by atoms with Crippen LogP contribution in [0.5, 0.6) is 0 Å². The minimum Gasteiger partial charge on any atom is -0.372 e. The van der Waals surface area contributed by atoms with Crippen LogP contribution in [0.3, 0.4) is 0 Å². The molecule has 2 rings (SSSR count). The Morgan fingerprint density at radius 3 is 2.03 bits per heavy atom. The van der Waals surface area contributed by atoms with Gasteiger partial charge in [-0.05, 0) is 26.2 Å². The topological polar surface area (TPSA) is 90.3 Å². The van der Waals surface area contributed by atoms with Gasteiger partial charge in [-0.15, -0.1) is 0 Å². The van der Waals surface area contributed by atoms with Gasteiger partial charge in [-0.2, -0.15) is 5.26 Å². The van der Waals surface area contributed by atoms with E-state index in [-0.39, 0.29) is 35.1 Å². The summed E-state index contributed by atoms with van der Waals surface area (Å²) in [6, 6.07) is 1.99. The number of nitriles is 1. The van der Waals surface area contributed by atoms with Gasteiger partial charge in [0.1, 0.15) is 11.6 Å². The summed E-state index contributed by atoms with van der Waals surface area (Å²) in [6.45, 7) is 2.49. The van der Waals surface area contributed by atoms with Crippen LogP contribution in [0.15, 0.2) is 11.8 Å². The van der Waals surface area contributed by atoms with Gasteiger partial charge >= 0.3 is 0 Å². The summed E-state index contributed by atoms with van der Waals surface area (Å²) >= 11 is 0. The van der Waals surface area contributed by atoms with Gasteiger partial charge in [-0.1, -0.05) is 57.8 Å². The molecule has 0 spiro atoms. The van der Waals surface area contributed by atoms with Gasteiger partial charge < -0.3 is 10.2 Å². The maximum Gasteiger partial charge on any atom is 0.263 e. The average molecular weight is 424 g/mol. The van der Waals surface area contributed by atoms with Gasteiger partial charge in [0.15, 0.2) is 9.84 Å². The summed E-state index contributed by atoms with van der Waals surface area (Å²) in [5, 5.41) is 12.6. The van der Waals surface area contributed by atoms with Crippen LogP contribution in [0.2, 0.25) is 0 Å². The van der Waals surface area contributed by atoms with Gasteiger partial charge in [-0.3, -0.25) is 4.79 Å². The lowest BCUT2D eigenvalue weighted by molar-refractivity contribution is -0.118. The lowest BCUT2D eigenvalue weighted by Crippen LogP contribution is -2.37. The summed E-state index contributed by atoms with van der Waals surface area (Å²) in [6.07, 6.45) is 15.1. The fourth-order valence-electron chi connectivity index (χ4n) is 4.37. The Balaban J connectivity index is 1.98. The third kappa shape index (κ3) is 8.38. The number of sulfone groups is 1. The van der Waals surface area contributed by atoms with Crippen molar-refractivity contribution in [1.29, 1.82) is 5.26 Å². The fraction of sp³-hybridized carbons (Fsp3) is 0.818. The molecule has 0 radical (unpaired) electrons. The zero-order valence-electron chi connectivity index (χ0n) is 17.9. The third-order valence-corrected chi connectivity index (χ3v) is 7.89. The number of rotatable bonds is 5. The highest BCUT2D eigenvalue weighted by molar-refractivity contribution is 7.91. The van der Waals surface area contributed by atoms with E-state index >= 15 is 0 Å². The summed E-state index contributed by atoms with van der Waals surface area (Å²) in [7, 11) is -3.01. The van der Waals surface area contributed by atoms with Crippen LogP contribution in [0.1, 0.15) is 84.0 Å². The second-order valence-corrected chi connectivity index (χ2v) is 10.7. The molecular formula is C22H37N3O3S. The normalized spacial score (nSPS) is 24.7. The predicted octanol–water partition coefficient (Wildman–Crippen LogP) is 3.69. The highest BCUT2D eigenvalue weighted by Gasteiger charge is 2.31. The molecule has 0 aromatic carbocycles. The molecule has 1 aliphatic heterocycles. The molecule has 2 aliphatic rings. The van der Waals surface area contributed by atoms with Crippen molar-refractivity contribution in [1.82, 2.24) is 10.2 Å². The minimum atomic E-state index is -3.01. The number of hydrogen-bond donors (Lipinski definition) is 1. The molecule has 1 heterocycles. The van der Waals surface area contributed by atoms with E-state index in [0.29, 0.717) is 13.0 Å². The summed E-state index contributed by atoms with van der Waals surface area (Å²) in [5.41, 5.74) is 0.0715. The molecule has 0 bridgehead atoms. The molecule has 6 nitrogen and oxygen atoms in total.